The number of piperidine rings is 1. The molecule has 0 spiro atoms. The van der Waals surface area contributed by atoms with Crippen molar-refractivity contribution in [3.05, 3.63) is 83.7 Å². The van der Waals surface area contributed by atoms with E-state index in [-0.39, 0.29) is 24.4 Å². The van der Waals surface area contributed by atoms with Crippen molar-refractivity contribution in [2.45, 2.75) is 25.9 Å². The number of para-hydroxylation sites is 2. The summed E-state index contributed by atoms with van der Waals surface area (Å²) in [6, 6.07) is 20.5. The van der Waals surface area contributed by atoms with Gasteiger partial charge in [-0.25, -0.2) is 9.37 Å². The fourth-order valence-electron chi connectivity index (χ4n) is 4.98. The van der Waals surface area contributed by atoms with Crippen LogP contribution in [-0.2, 0) is 17.9 Å². The largest absolute Gasteiger partial charge is 0.454 e. The second kappa shape index (κ2) is 9.53. The van der Waals surface area contributed by atoms with E-state index in [4.69, 9.17) is 14.5 Å². The van der Waals surface area contributed by atoms with Gasteiger partial charge in [-0.3, -0.25) is 4.79 Å². The third-order valence-corrected chi connectivity index (χ3v) is 6.97. The molecule has 6 rings (SSSR count). The number of benzene rings is 3. The highest BCUT2D eigenvalue weighted by atomic mass is 19.1. The molecule has 2 aliphatic rings. The van der Waals surface area contributed by atoms with Crippen LogP contribution in [0.15, 0.2) is 66.7 Å². The topological polar surface area (TPSA) is 68.6 Å². The van der Waals surface area contributed by atoms with Gasteiger partial charge < -0.3 is 24.3 Å². The van der Waals surface area contributed by atoms with E-state index in [2.05, 4.69) is 14.8 Å². The van der Waals surface area contributed by atoms with E-state index in [9.17, 15) is 9.18 Å². The van der Waals surface area contributed by atoms with Crippen molar-refractivity contribution in [3.8, 4) is 11.5 Å². The van der Waals surface area contributed by atoms with Gasteiger partial charge in [0.05, 0.1) is 17.6 Å². The maximum absolute atomic E-state index is 14.5. The average Bonchev–Trinajstić information content (AvgIpc) is 3.53. The molecule has 0 atom stereocenters. The van der Waals surface area contributed by atoms with E-state index >= 15 is 0 Å². The van der Waals surface area contributed by atoms with Crippen LogP contribution in [0.2, 0.25) is 0 Å². The van der Waals surface area contributed by atoms with Gasteiger partial charge in [0, 0.05) is 31.1 Å². The highest BCUT2D eigenvalue weighted by Crippen LogP contribution is 2.33. The Hall–Kier alpha value is -4.07. The van der Waals surface area contributed by atoms with Crippen LogP contribution in [0.25, 0.3) is 11.0 Å². The molecule has 3 aromatic carbocycles. The van der Waals surface area contributed by atoms with Gasteiger partial charge in [-0.05, 0) is 48.7 Å². The van der Waals surface area contributed by atoms with Crippen molar-refractivity contribution in [2.75, 3.05) is 24.8 Å². The molecular formula is C28H27FN4O3. The number of hydrogen-bond donors (Lipinski definition) is 1. The second-order valence-corrected chi connectivity index (χ2v) is 9.24. The number of imidazole rings is 1. The lowest BCUT2D eigenvalue weighted by molar-refractivity contribution is -0.125. The van der Waals surface area contributed by atoms with E-state index < -0.39 is 0 Å². The Morgan fingerprint density at radius 2 is 1.78 bits per heavy atom. The zero-order chi connectivity index (χ0) is 24.5. The highest BCUT2D eigenvalue weighted by Gasteiger charge is 2.28. The van der Waals surface area contributed by atoms with Crippen LogP contribution >= 0.6 is 0 Å². The summed E-state index contributed by atoms with van der Waals surface area (Å²) < 4.78 is 27.3. The van der Waals surface area contributed by atoms with Gasteiger partial charge in [0.15, 0.2) is 11.5 Å². The molecule has 1 aromatic heterocycles. The summed E-state index contributed by atoms with van der Waals surface area (Å²) in [5.74, 6) is 2.05. The molecule has 0 unspecified atom stereocenters. The van der Waals surface area contributed by atoms with Crippen LogP contribution < -0.4 is 19.7 Å². The van der Waals surface area contributed by atoms with E-state index in [0.29, 0.717) is 37.5 Å². The molecule has 8 heteroatoms. The standard InChI is InChI=1S/C28H27FN4O3/c29-22-6-2-1-5-21(22)17-33-24-8-4-3-7-23(24)31-28(33)32-13-11-20(12-14-32)27(34)30-16-19-9-10-25-26(15-19)36-18-35-25/h1-10,15,20H,11-14,16-18H2,(H,30,34). The number of anilines is 1. The van der Waals surface area contributed by atoms with E-state index in [1.807, 2.05) is 54.6 Å². The van der Waals surface area contributed by atoms with Gasteiger partial charge in [0.1, 0.15) is 5.82 Å². The van der Waals surface area contributed by atoms with Crippen molar-refractivity contribution in [1.29, 1.82) is 0 Å². The van der Waals surface area contributed by atoms with Crippen molar-refractivity contribution in [3.63, 3.8) is 0 Å². The summed E-state index contributed by atoms with van der Waals surface area (Å²) in [7, 11) is 0. The molecule has 2 aliphatic heterocycles. The molecule has 184 valence electrons. The van der Waals surface area contributed by atoms with Gasteiger partial charge in [-0.15, -0.1) is 0 Å². The molecule has 1 N–H and O–H groups in total. The monoisotopic (exact) mass is 486 g/mol. The smallest absolute Gasteiger partial charge is 0.231 e. The number of carbonyl (C=O) groups excluding carboxylic acids is 1. The average molecular weight is 487 g/mol. The number of ether oxygens (including phenoxy) is 2. The zero-order valence-corrected chi connectivity index (χ0v) is 19.8. The van der Waals surface area contributed by atoms with Crippen LogP contribution in [0, 0.1) is 11.7 Å². The second-order valence-electron chi connectivity index (χ2n) is 9.24. The minimum atomic E-state index is -0.223. The molecule has 7 nitrogen and oxygen atoms in total. The molecule has 0 radical (unpaired) electrons. The molecule has 1 amide bonds. The highest BCUT2D eigenvalue weighted by molar-refractivity contribution is 5.80. The Morgan fingerprint density at radius 3 is 2.64 bits per heavy atom. The Balaban J connectivity index is 1.13. The normalized spacial score (nSPS) is 15.4. The number of amides is 1. The molecule has 3 heterocycles. The Bertz CT molecular complexity index is 1410. The van der Waals surface area contributed by atoms with Crippen LogP contribution in [0.1, 0.15) is 24.0 Å². The van der Waals surface area contributed by atoms with Gasteiger partial charge in [-0.1, -0.05) is 36.4 Å². The Morgan fingerprint density at radius 1 is 1.00 bits per heavy atom. The number of hydrogen-bond acceptors (Lipinski definition) is 5. The Labute approximate surface area is 208 Å². The lowest BCUT2D eigenvalue weighted by Crippen LogP contribution is -2.41. The zero-order valence-electron chi connectivity index (χ0n) is 19.8. The first-order valence-corrected chi connectivity index (χ1v) is 12.3. The van der Waals surface area contributed by atoms with Crippen molar-refractivity contribution in [2.24, 2.45) is 5.92 Å². The van der Waals surface area contributed by atoms with Gasteiger partial charge >= 0.3 is 0 Å². The molecule has 0 bridgehead atoms. The quantitative estimate of drug-likeness (QED) is 0.435. The first-order chi connectivity index (χ1) is 17.7. The van der Waals surface area contributed by atoms with Crippen molar-refractivity contribution >= 4 is 22.9 Å². The fourth-order valence-corrected chi connectivity index (χ4v) is 4.98. The minimum Gasteiger partial charge on any atom is -0.454 e. The molecule has 36 heavy (non-hydrogen) atoms. The number of halogens is 1. The predicted molar refractivity (Wildman–Crippen MR) is 135 cm³/mol. The van der Waals surface area contributed by atoms with Gasteiger partial charge in [0.25, 0.3) is 0 Å². The van der Waals surface area contributed by atoms with Crippen molar-refractivity contribution in [1.82, 2.24) is 14.9 Å². The van der Waals surface area contributed by atoms with Gasteiger partial charge in [0.2, 0.25) is 18.6 Å². The summed E-state index contributed by atoms with van der Waals surface area (Å²) in [6.07, 6.45) is 1.46. The van der Waals surface area contributed by atoms with E-state index in [0.717, 1.165) is 41.1 Å². The number of nitrogens with zero attached hydrogens (tertiary/aromatic N) is 3. The third kappa shape index (κ3) is 4.34. The van der Waals surface area contributed by atoms with Gasteiger partial charge in [-0.2, -0.15) is 0 Å². The lowest BCUT2D eigenvalue weighted by Gasteiger charge is -2.32. The number of fused-ring (bicyclic) bond motifs is 2. The van der Waals surface area contributed by atoms with E-state index in [1.165, 1.54) is 6.07 Å². The SMILES string of the molecule is O=C(NCc1ccc2c(c1)OCO2)C1CCN(c2nc3ccccc3n2Cc2ccccc2F)CC1. The lowest BCUT2D eigenvalue weighted by atomic mass is 9.96. The fraction of sp³-hybridized carbons (Fsp3) is 0.286. The van der Waals surface area contributed by atoms with Crippen LogP contribution in [0.3, 0.4) is 0 Å². The molecule has 0 aliphatic carbocycles. The summed E-state index contributed by atoms with van der Waals surface area (Å²) in [5.41, 5.74) is 3.46. The first-order valence-electron chi connectivity index (χ1n) is 12.3. The summed E-state index contributed by atoms with van der Waals surface area (Å²) in [4.78, 5) is 20.0. The molecule has 1 saturated heterocycles. The Kier molecular flexibility index (Phi) is 5.93. The number of rotatable bonds is 6. The minimum absolute atomic E-state index is 0.0559. The molecule has 0 saturated carbocycles. The van der Waals surface area contributed by atoms with E-state index in [1.54, 1.807) is 6.07 Å². The van der Waals surface area contributed by atoms with Crippen LogP contribution in [0.4, 0.5) is 10.3 Å². The predicted octanol–water partition coefficient (Wildman–Crippen LogP) is 4.49. The molecule has 4 aromatic rings. The number of carbonyl (C=O) groups is 1. The maximum atomic E-state index is 14.5. The van der Waals surface area contributed by atoms with Crippen LogP contribution in [0.5, 0.6) is 11.5 Å². The molecule has 1 fully saturated rings. The van der Waals surface area contributed by atoms with Crippen LogP contribution in [-0.4, -0.2) is 35.3 Å². The summed E-state index contributed by atoms with van der Waals surface area (Å²) in [5, 5.41) is 3.07. The number of nitrogens with one attached hydrogen (secondary N) is 1. The van der Waals surface area contributed by atoms with Crippen molar-refractivity contribution < 1.29 is 18.7 Å². The molecular weight excluding hydrogens is 459 g/mol. The first kappa shape index (κ1) is 22.4. The summed E-state index contributed by atoms with van der Waals surface area (Å²) in [6.45, 7) is 2.51. The third-order valence-electron chi connectivity index (χ3n) is 6.97. The number of aromatic nitrogens is 2. The summed E-state index contributed by atoms with van der Waals surface area (Å²) >= 11 is 0. The maximum Gasteiger partial charge on any atom is 0.231 e.